The summed E-state index contributed by atoms with van der Waals surface area (Å²) in [6, 6.07) is 0. The maximum Gasteiger partial charge on any atom is 0.195 e. The summed E-state index contributed by atoms with van der Waals surface area (Å²) in [4.78, 5) is 5.98. The van der Waals surface area contributed by atoms with E-state index in [1.54, 1.807) is 23.1 Å². The molecular weight excluding hydrogens is 284 g/mol. The fourth-order valence-electron chi connectivity index (χ4n) is 1.91. The van der Waals surface area contributed by atoms with Gasteiger partial charge in [0.15, 0.2) is 10.6 Å². The molecule has 2 heterocycles. The maximum atomic E-state index is 5.18. The van der Waals surface area contributed by atoms with Crippen LogP contribution in [0.3, 0.4) is 0 Å². The maximum absolute atomic E-state index is 5.18. The first-order chi connectivity index (χ1) is 8.70. The van der Waals surface area contributed by atoms with Crippen molar-refractivity contribution < 1.29 is 0 Å². The van der Waals surface area contributed by atoms with Crippen molar-refractivity contribution in [3.63, 3.8) is 0 Å². The Bertz CT molecular complexity index is 621. The molecule has 0 atom stereocenters. The van der Waals surface area contributed by atoms with E-state index in [9.17, 15) is 0 Å². The first-order valence-electron chi connectivity index (χ1n) is 5.81. The smallest absolute Gasteiger partial charge is 0.195 e. The molecule has 0 spiro atoms. The molecule has 2 aromatic rings. The summed E-state index contributed by atoms with van der Waals surface area (Å²) in [6.07, 6.45) is 4.61. The minimum Gasteiger partial charge on any atom is -0.303 e. The van der Waals surface area contributed by atoms with Gasteiger partial charge in [-0.2, -0.15) is 16.9 Å². The zero-order chi connectivity index (χ0) is 12.7. The number of aromatic nitrogens is 4. The largest absolute Gasteiger partial charge is 0.303 e. The van der Waals surface area contributed by atoms with Gasteiger partial charge < -0.3 is 4.57 Å². The van der Waals surface area contributed by atoms with E-state index in [0.29, 0.717) is 10.7 Å². The number of thiazole rings is 1. The Labute approximate surface area is 119 Å². The summed E-state index contributed by atoms with van der Waals surface area (Å²) in [5.41, 5.74) is 1.22. The van der Waals surface area contributed by atoms with E-state index >= 15 is 0 Å². The number of nitrogens with zero attached hydrogens (tertiary/aromatic N) is 3. The molecule has 1 fully saturated rings. The quantitative estimate of drug-likeness (QED) is 0.879. The SMILES string of the molecule is CSCc1nc(C2CC2)c(-c2n[nH]c(=S)n2C)s1. The van der Waals surface area contributed by atoms with Crippen molar-refractivity contribution in [3.05, 3.63) is 15.5 Å². The second-order valence-corrected chi connectivity index (χ2v) is 6.78. The van der Waals surface area contributed by atoms with Gasteiger partial charge in [0.25, 0.3) is 0 Å². The number of nitrogens with one attached hydrogen (secondary N) is 1. The third-order valence-corrected chi connectivity index (χ3v) is 5.19. The van der Waals surface area contributed by atoms with Crippen LogP contribution in [0.4, 0.5) is 0 Å². The van der Waals surface area contributed by atoms with Crippen LogP contribution in [0.2, 0.25) is 0 Å². The molecule has 0 saturated heterocycles. The van der Waals surface area contributed by atoms with Crippen LogP contribution in [0.1, 0.15) is 29.5 Å². The molecule has 7 heteroatoms. The molecular formula is C11H14N4S3. The first-order valence-corrected chi connectivity index (χ1v) is 8.43. The summed E-state index contributed by atoms with van der Waals surface area (Å²) >= 11 is 8.74. The lowest BCUT2D eigenvalue weighted by Gasteiger charge is -1.99. The second kappa shape index (κ2) is 4.79. The minimum atomic E-state index is 0.636. The van der Waals surface area contributed by atoms with Gasteiger partial charge in [0, 0.05) is 18.7 Å². The fraction of sp³-hybridized carbons (Fsp3) is 0.545. The number of aromatic amines is 1. The molecule has 0 aliphatic heterocycles. The standard InChI is InChI=1S/C11H14N4S3/c1-15-10(13-14-11(15)16)9-8(6-3-4-6)12-7(18-9)5-17-2/h6H,3-5H2,1-2H3,(H,14,16). The first kappa shape index (κ1) is 12.4. The molecule has 0 bridgehead atoms. The van der Waals surface area contributed by atoms with E-state index in [1.165, 1.54) is 28.4 Å². The van der Waals surface area contributed by atoms with Crippen molar-refractivity contribution in [3.8, 4) is 10.7 Å². The molecule has 1 saturated carbocycles. The highest BCUT2D eigenvalue weighted by atomic mass is 32.2. The van der Waals surface area contributed by atoms with E-state index in [4.69, 9.17) is 17.2 Å². The monoisotopic (exact) mass is 298 g/mol. The lowest BCUT2D eigenvalue weighted by Crippen LogP contribution is -1.93. The summed E-state index contributed by atoms with van der Waals surface area (Å²) < 4.78 is 2.59. The molecule has 1 aliphatic carbocycles. The Balaban J connectivity index is 2.09. The Hall–Kier alpha value is -0.660. The van der Waals surface area contributed by atoms with Crippen molar-refractivity contribution in [1.29, 1.82) is 0 Å². The molecule has 96 valence electrons. The molecule has 0 radical (unpaired) electrons. The molecule has 0 amide bonds. The second-order valence-electron chi connectivity index (χ2n) is 4.44. The highest BCUT2D eigenvalue weighted by molar-refractivity contribution is 7.97. The summed E-state index contributed by atoms with van der Waals surface area (Å²) in [5.74, 6) is 2.53. The number of hydrogen-bond acceptors (Lipinski definition) is 5. The van der Waals surface area contributed by atoms with Crippen molar-refractivity contribution in [1.82, 2.24) is 19.7 Å². The third-order valence-electron chi connectivity index (χ3n) is 3.01. The predicted molar refractivity (Wildman–Crippen MR) is 78.7 cm³/mol. The van der Waals surface area contributed by atoms with Gasteiger partial charge in [-0.15, -0.1) is 11.3 Å². The number of thioether (sulfide) groups is 1. The van der Waals surface area contributed by atoms with Gasteiger partial charge in [-0.05, 0) is 31.3 Å². The number of hydrogen-bond donors (Lipinski definition) is 1. The molecule has 4 nitrogen and oxygen atoms in total. The van der Waals surface area contributed by atoms with Gasteiger partial charge in [-0.3, -0.25) is 5.10 Å². The van der Waals surface area contributed by atoms with E-state index in [1.807, 2.05) is 11.6 Å². The van der Waals surface area contributed by atoms with Crippen LogP contribution in [0.15, 0.2) is 0 Å². The van der Waals surface area contributed by atoms with Gasteiger partial charge in [0.1, 0.15) is 5.01 Å². The predicted octanol–water partition coefficient (Wildman–Crippen LogP) is 3.34. The van der Waals surface area contributed by atoms with Crippen LogP contribution >= 0.6 is 35.3 Å². The van der Waals surface area contributed by atoms with Crippen LogP contribution in [0.25, 0.3) is 10.7 Å². The van der Waals surface area contributed by atoms with Crippen molar-refractivity contribution in [2.24, 2.45) is 7.05 Å². The van der Waals surface area contributed by atoms with E-state index in [0.717, 1.165) is 11.6 Å². The average molecular weight is 298 g/mol. The average Bonchev–Trinajstić information content (AvgIpc) is 3.04. The number of rotatable bonds is 4. The van der Waals surface area contributed by atoms with Crippen LogP contribution in [-0.4, -0.2) is 26.0 Å². The van der Waals surface area contributed by atoms with Crippen molar-refractivity contribution >= 4 is 35.3 Å². The van der Waals surface area contributed by atoms with Crippen LogP contribution in [-0.2, 0) is 12.8 Å². The highest BCUT2D eigenvalue weighted by Gasteiger charge is 2.31. The lowest BCUT2D eigenvalue weighted by atomic mass is 10.2. The molecule has 18 heavy (non-hydrogen) atoms. The lowest BCUT2D eigenvalue weighted by molar-refractivity contribution is 0.899. The molecule has 0 unspecified atom stereocenters. The molecule has 2 aromatic heterocycles. The molecule has 3 rings (SSSR count). The summed E-state index contributed by atoms with van der Waals surface area (Å²) in [6.45, 7) is 0. The Morgan fingerprint density at radius 3 is 2.89 bits per heavy atom. The zero-order valence-electron chi connectivity index (χ0n) is 10.3. The van der Waals surface area contributed by atoms with Gasteiger partial charge in [-0.25, -0.2) is 4.98 Å². The molecule has 0 aromatic carbocycles. The van der Waals surface area contributed by atoms with E-state index in [-0.39, 0.29) is 0 Å². The van der Waals surface area contributed by atoms with Crippen LogP contribution in [0, 0.1) is 4.77 Å². The minimum absolute atomic E-state index is 0.636. The zero-order valence-corrected chi connectivity index (χ0v) is 12.7. The van der Waals surface area contributed by atoms with Crippen LogP contribution in [0.5, 0.6) is 0 Å². The summed E-state index contributed by atoms with van der Waals surface area (Å²) in [5, 5.41) is 8.38. The number of H-pyrrole nitrogens is 1. The van der Waals surface area contributed by atoms with Crippen molar-refractivity contribution in [2.45, 2.75) is 24.5 Å². The van der Waals surface area contributed by atoms with E-state index < -0.39 is 0 Å². The Kier molecular flexibility index (Phi) is 3.29. The topological polar surface area (TPSA) is 46.5 Å². The Morgan fingerprint density at radius 2 is 2.33 bits per heavy atom. The normalized spacial score (nSPS) is 15.2. The molecule has 1 aliphatic rings. The van der Waals surface area contributed by atoms with Gasteiger partial charge in [0.2, 0.25) is 0 Å². The van der Waals surface area contributed by atoms with Gasteiger partial charge in [-0.1, -0.05) is 0 Å². The van der Waals surface area contributed by atoms with Gasteiger partial charge >= 0.3 is 0 Å². The fourth-order valence-corrected chi connectivity index (χ4v) is 3.91. The summed E-state index contributed by atoms with van der Waals surface area (Å²) in [7, 11) is 1.95. The highest BCUT2D eigenvalue weighted by Crippen LogP contribution is 2.45. The molecule has 1 N–H and O–H groups in total. The van der Waals surface area contributed by atoms with Crippen molar-refractivity contribution in [2.75, 3.05) is 6.26 Å². The van der Waals surface area contributed by atoms with Crippen LogP contribution < -0.4 is 0 Å². The Morgan fingerprint density at radius 1 is 1.56 bits per heavy atom. The van der Waals surface area contributed by atoms with E-state index in [2.05, 4.69) is 16.5 Å². The van der Waals surface area contributed by atoms with Gasteiger partial charge in [0.05, 0.1) is 10.6 Å². The third kappa shape index (κ3) is 2.15.